The number of hydrogen-bond donors (Lipinski definition) is 4. The Hall–Kier alpha value is -3.24. The lowest BCUT2D eigenvalue weighted by Crippen LogP contribution is -2.58. The molecule has 0 saturated carbocycles. The third-order valence-corrected chi connectivity index (χ3v) is 6.60. The highest BCUT2D eigenvalue weighted by Crippen LogP contribution is 2.33. The average molecular weight is 486 g/mol. The summed E-state index contributed by atoms with van der Waals surface area (Å²) in [6.45, 7) is 8.88. The van der Waals surface area contributed by atoms with Crippen molar-refractivity contribution < 1.29 is 23.8 Å². The molecule has 3 atom stereocenters. The summed E-state index contributed by atoms with van der Waals surface area (Å²) in [4.78, 5) is 17.2. The fourth-order valence-corrected chi connectivity index (χ4v) is 4.38. The quantitative estimate of drug-likeness (QED) is 0.414. The van der Waals surface area contributed by atoms with Gasteiger partial charge in [0.1, 0.15) is 17.7 Å². The Morgan fingerprint density at radius 3 is 2.49 bits per heavy atom. The standard InChI is InChI=1S/C25H32FN5O4/c1-14-10-18(11-15(2)34-14)35-22-19-13-27-21(12-20(19)30-31-22)28-23(32)29-25(5,24(3,4)33)16-6-8-17(26)9-7-16/h6-9,12-15,18,33H,10-11H2,1-5H3,(H,30,31)(H2,27,28,29,32). The fraction of sp³-hybridized carbons (Fsp3) is 0.480. The van der Waals surface area contributed by atoms with E-state index in [-0.39, 0.29) is 24.1 Å². The molecule has 188 valence electrons. The van der Waals surface area contributed by atoms with Gasteiger partial charge in [0.2, 0.25) is 5.88 Å². The van der Waals surface area contributed by atoms with Crippen molar-refractivity contribution in [2.24, 2.45) is 0 Å². The fourth-order valence-electron chi connectivity index (χ4n) is 4.38. The van der Waals surface area contributed by atoms with Crippen LogP contribution in [0, 0.1) is 5.82 Å². The van der Waals surface area contributed by atoms with Crippen LogP contribution in [0.3, 0.4) is 0 Å². The van der Waals surface area contributed by atoms with Gasteiger partial charge in [-0.15, -0.1) is 5.10 Å². The molecule has 2 amide bonds. The first-order valence-electron chi connectivity index (χ1n) is 11.7. The van der Waals surface area contributed by atoms with Crippen LogP contribution in [0.25, 0.3) is 10.9 Å². The van der Waals surface area contributed by atoms with Crippen molar-refractivity contribution in [2.45, 2.75) is 76.9 Å². The molecule has 3 aromatic rings. The molecule has 10 heteroatoms. The Morgan fingerprint density at radius 1 is 1.20 bits per heavy atom. The molecule has 35 heavy (non-hydrogen) atoms. The van der Waals surface area contributed by atoms with Crippen molar-refractivity contribution in [1.82, 2.24) is 20.5 Å². The normalized spacial score (nSPS) is 22.4. The van der Waals surface area contributed by atoms with Crippen LogP contribution in [0.5, 0.6) is 5.88 Å². The predicted octanol–water partition coefficient (Wildman–Crippen LogP) is 4.24. The zero-order valence-electron chi connectivity index (χ0n) is 20.6. The van der Waals surface area contributed by atoms with Crippen LogP contribution in [-0.4, -0.2) is 50.2 Å². The number of fused-ring (bicyclic) bond motifs is 1. The first-order valence-corrected chi connectivity index (χ1v) is 11.7. The summed E-state index contributed by atoms with van der Waals surface area (Å²) in [5.74, 6) is 0.342. The predicted molar refractivity (Wildman–Crippen MR) is 130 cm³/mol. The van der Waals surface area contributed by atoms with Gasteiger partial charge in [0, 0.05) is 25.1 Å². The maximum atomic E-state index is 13.4. The smallest absolute Gasteiger partial charge is 0.321 e. The number of nitrogens with zero attached hydrogens (tertiary/aromatic N) is 2. The average Bonchev–Trinajstić information content (AvgIpc) is 3.14. The molecule has 4 rings (SSSR count). The number of halogens is 1. The number of H-pyrrole nitrogens is 1. The van der Waals surface area contributed by atoms with Gasteiger partial charge in [-0.05, 0) is 52.3 Å². The molecule has 1 saturated heterocycles. The number of nitrogens with one attached hydrogen (secondary N) is 3. The maximum Gasteiger partial charge on any atom is 0.321 e. The first-order chi connectivity index (χ1) is 16.4. The third-order valence-electron chi connectivity index (χ3n) is 6.60. The molecular formula is C25H32FN5O4. The summed E-state index contributed by atoms with van der Waals surface area (Å²) in [6, 6.07) is 6.71. The second-order valence-corrected chi connectivity index (χ2v) is 9.88. The van der Waals surface area contributed by atoms with Crippen LogP contribution in [0.4, 0.5) is 15.0 Å². The van der Waals surface area contributed by atoms with Gasteiger partial charge in [0.25, 0.3) is 0 Å². The van der Waals surface area contributed by atoms with E-state index in [0.717, 1.165) is 12.8 Å². The minimum Gasteiger partial charge on any atom is -0.473 e. The number of rotatable bonds is 6. The molecule has 1 aliphatic heterocycles. The van der Waals surface area contributed by atoms with E-state index < -0.39 is 23.0 Å². The van der Waals surface area contributed by atoms with Crippen molar-refractivity contribution in [1.29, 1.82) is 0 Å². The van der Waals surface area contributed by atoms with Gasteiger partial charge in [-0.25, -0.2) is 14.2 Å². The van der Waals surface area contributed by atoms with Gasteiger partial charge in [-0.1, -0.05) is 12.1 Å². The molecule has 0 bridgehead atoms. The van der Waals surface area contributed by atoms with Crippen molar-refractivity contribution >= 4 is 22.8 Å². The lowest BCUT2D eigenvalue weighted by atomic mass is 9.78. The molecule has 2 aromatic heterocycles. The minimum atomic E-state index is -1.35. The zero-order chi connectivity index (χ0) is 25.4. The number of hydrogen-bond acceptors (Lipinski definition) is 6. The van der Waals surface area contributed by atoms with Crippen LogP contribution in [0.1, 0.15) is 53.0 Å². The number of pyridine rings is 1. The summed E-state index contributed by atoms with van der Waals surface area (Å²) in [5, 5.41) is 24.2. The van der Waals surface area contributed by atoms with Gasteiger partial charge in [-0.2, -0.15) is 0 Å². The molecule has 4 N–H and O–H groups in total. The molecular weight excluding hydrogens is 453 g/mol. The first kappa shape index (κ1) is 24.9. The van der Waals surface area contributed by atoms with Gasteiger partial charge in [0.05, 0.1) is 34.3 Å². The van der Waals surface area contributed by atoms with Crippen LogP contribution in [0.15, 0.2) is 36.5 Å². The number of amides is 2. The number of carbonyl (C=O) groups excluding carboxylic acids is 1. The lowest BCUT2D eigenvalue weighted by Gasteiger charge is -2.41. The van der Waals surface area contributed by atoms with Crippen molar-refractivity contribution in [2.75, 3.05) is 5.32 Å². The van der Waals surface area contributed by atoms with E-state index >= 15 is 0 Å². The Kier molecular flexibility index (Phi) is 6.70. The Morgan fingerprint density at radius 2 is 1.86 bits per heavy atom. The van der Waals surface area contributed by atoms with Crippen LogP contribution in [0.2, 0.25) is 0 Å². The maximum absolute atomic E-state index is 13.4. The van der Waals surface area contributed by atoms with Crippen LogP contribution >= 0.6 is 0 Å². The van der Waals surface area contributed by atoms with Gasteiger partial charge >= 0.3 is 6.03 Å². The minimum absolute atomic E-state index is 0.00481. The number of aromatic amines is 1. The number of benzene rings is 1. The highest BCUT2D eigenvalue weighted by atomic mass is 19.1. The molecule has 9 nitrogen and oxygen atoms in total. The number of carbonyl (C=O) groups is 1. The molecule has 0 radical (unpaired) electrons. The summed E-state index contributed by atoms with van der Waals surface area (Å²) in [7, 11) is 0. The van der Waals surface area contributed by atoms with E-state index in [1.54, 1.807) is 33.0 Å². The topological polar surface area (TPSA) is 121 Å². The molecule has 3 unspecified atom stereocenters. The Labute approximate surface area is 203 Å². The van der Waals surface area contributed by atoms with Crippen molar-refractivity contribution in [3.05, 3.63) is 47.9 Å². The van der Waals surface area contributed by atoms with Crippen molar-refractivity contribution in [3.8, 4) is 5.88 Å². The summed E-state index contributed by atoms with van der Waals surface area (Å²) < 4.78 is 25.3. The Bertz CT molecular complexity index is 1180. The van der Waals surface area contributed by atoms with Crippen LogP contribution < -0.4 is 15.4 Å². The van der Waals surface area contributed by atoms with E-state index in [2.05, 4.69) is 25.8 Å². The highest BCUT2D eigenvalue weighted by Gasteiger charge is 2.42. The molecule has 1 aromatic carbocycles. The van der Waals surface area contributed by atoms with E-state index in [4.69, 9.17) is 9.47 Å². The van der Waals surface area contributed by atoms with E-state index in [0.29, 0.717) is 22.3 Å². The van der Waals surface area contributed by atoms with Gasteiger partial charge < -0.3 is 19.9 Å². The van der Waals surface area contributed by atoms with E-state index in [1.807, 2.05) is 13.8 Å². The van der Waals surface area contributed by atoms with E-state index in [1.165, 1.54) is 24.3 Å². The summed E-state index contributed by atoms with van der Waals surface area (Å²) in [5.41, 5.74) is -1.35. The largest absolute Gasteiger partial charge is 0.473 e. The highest BCUT2D eigenvalue weighted by molar-refractivity contribution is 5.92. The third kappa shape index (κ3) is 5.38. The van der Waals surface area contributed by atoms with Crippen molar-refractivity contribution in [3.63, 3.8) is 0 Å². The van der Waals surface area contributed by atoms with Gasteiger partial charge in [-0.3, -0.25) is 10.4 Å². The SMILES string of the molecule is CC1CC(Oc2n[nH]c3cc(NC(=O)NC(C)(c4ccc(F)cc4)C(C)(C)O)ncc23)CC(C)O1. The molecule has 1 fully saturated rings. The lowest BCUT2D eigenvalue weighted by molar-refractivity contribution is -0.0727. The number of ether oxygens (including phenoxy) is 2. The zero-order valence-corrected chi connectivity index (χ0v) is 20.6. The number of anilines is 1. The summed E-state index contributed by atoms with van der Waals surface area (Å²) >= 11 is 0. The number of aromatic nitrogens is 3. The summed E-state index contributed by atoms with van der Waals surface area (Å²) in [6.07, 6.45) is 3.37. The second kappa shape index (κ2) is 9.43. The molecule has 1 aliphatic rings. The Balaban J connectivity index is 1.48. The van der Waals surface area contributed by atoms with E-state index in [9.17, 15) is 14.3 Å². The second-order valence-electron chi connectivity index (χ2n) is 9.88. The monoisotopic (exact) mass is 485 g/mol. The molecule has 0 spiro atoms. The van der Waals surface area contributed by atoms with Gasteiger partial charge in [0.15, 0.2) is 0 Å². The number of urea groups is 1. The van der Waals surface area contributed by atoms with Crippen LogP contribution in [-0.2, 0) is 10.3 Å². The molecule has 3 heterocycles. The number of aliphatic hydroxyl groups is 1. The molecule has 0 aliphatic carbocycles.